The summed E-state index contributed by atoms with van der Waals surface area (Å²) in [5, 5.41) is 5.48. The maximum atomic E-state index is 3.69. The van der Waals surface area contributed by atoms with E-state index in [0.717, 1.165) is 24.2 Å². The van der Waals surface area contributed by atoms with Gasteiger partial charge in [0.05, 0.1) is 0 Å². The molecule has 3 heteroatoms. The summed E-state index contributed by atoms with van der Waals surface area (Å²) in [6.45, 7) is 15.9. The van der Waals surface area contributed by atoms with E-state index in [0.29, 0.717) is 5.41 Å². The molecule has 9 rings (SSSR count). The molecule has 0 atom stereocenters. The van der Waals surface area contributed by atoms with Crippen LogP contribution < -0.4 is 24.8 Å². The Hall–Kier alpha value is -0.877. The van der Waals surface area contributed by atoms with Crippen LogP contribution in [0.4, 0.5) is 0 Å². The standard InChI is InChI=1S/C21H25.C16H21.C6H10.2ClH.Zr/c1-20(2,3)16-7-9-18-14(12-16)11-15-13-17(21(4,5)6)8-10-19(15)18;1-11-3-2-4-15(11)16-8-12-5-13(9-16)7-14(6-12)10-16;1-2-4-6-5-3-1;;;/h7-13H,1-6H3;3,12-14H,2,5-10H2,1H3;1-5H2;2*1H;/q2*-1;;;;+2/p-2. The molecule has 6 aliphatic carbocycles. The summed E-state index contributed by atoms with van der Waals surface area (Å²) in [7, 11) is 0. The summed E-state index contributed by atoms with van der Waals surface area (Å²) in [5.74, 6) is 3.19. The Morgan fingerprint density at radius 2 is 1.17 bits per heavy atom. The zero-order valence-corrected chi connectivity index (χ0v) is 33.6. The van der Waals surface area contributed by atoms with Crippen LogP contribution >= 0.6 is 0 Å². The number of halogens is 2. The molecule has 3 aromatic carbocycles. The number of fused-ring (bicyclic) bond motifs is 3. The number of allylic oxidation sites excluding steroid dienone is 4. The molecule has 0 amide bonds. The predicted molar refractivity (Wildman–Crippen MR) is 188 cm³/mol. The molecular formula is C43H56Cl2Zr-2. The average molecular weight is 735 g/mol. The topological polar surface area (TPSA) is 0 Å². The zero-order valence-electron chi connectivity index (χ0n) is 29.6. The zero-order chi connectivity index (χ0) is 31.3. The van der Waals surface area contributed by atoms with Gasteiger partial charge in [0.15, 0.2) is 0 Å². The number of hydrogen-bond acceptors (Lipinski definition) is 0. The fourth-order valence-electron chi connectivity index (χ4n) is 9.50. The summed E-state index contributed by atoms with van der Waals surface area (Å²) >= 11 is 1.69. The van der Waals surface area contributed by atoms with E-state index < -0.39 is 0 Å². The van der Waals surface area contributed by atoms with E-state index in [9.17, 15) is 0 Å². The van der Waals surface area contributed by atoms with Crippen LogP contribution in [0.25, 0.3) is 21.5 Å². The first-order chi connectivity index (χ1) is 20.8. The van der Waals surface area contributed by atoms with Crippen molar-refractivity contribution in [2.75, 3.05) is 0 Å². The van der Waals surface area contributed by atoms with Gasteiger partial charge < -0.3 is 24.8 Å². The van der Waals surface area contributed by atoms with Crippen molar-refractivity contribution in [1.29, 1.82) is 0 Å². The summed E-state index contributed by atoms with van der Waals surface area (Å²) in [5.41, 5.74) is 7.00. The van der Waals surface area contributed by atoms with E-state index in [1.807, 2.05) is 0 Å². The minimum absolute atomic E-state index is 0. The first-order valence-corrected chi connectivity index (χ1v) is 19.0. The summed E-state index contributed by atoms with van der Waals surface area (Å²) in [4.78, 5) is 0. The van der Waals surface area contributed by atoms with Gasteiger partial charge in [0.25, 0.3) is 0 Å². The van der Waals surface area contributed by atoms with Crippen LogP contribution in [0.1, 0.15) is 137 Å². The van der Waals surface area contributed by atoms with Gasteiger partial charge >= 0.3 is 59.5 Å². The van der Waals surface area contributed by atoms with Gasteiger partial charge in [-0.15, -0.1) is 53.1 Å². The van der Waals surface area contributed by atoms with E-state index in [-0.39, 0.29) is 35.6 Å². The van der Waals surface area contributed by atoms with Crippen LogP contribution in [-0.2, 0) is 35.1 Å². The van der Waals surface area contributed by atoms with Crippen LogP contribution in [0.2, 0.25) is 0 Å². The molecule has 0 aromatic heterocycles. The molecule has 0 unspecified atom stereocenters. The fraction of sp³-hybridized carbons (Fsp3) is 0.581. The Morgan fingerprint density at radius 1 is 0.717 bits per heavy atom. The molecule has 0 aliphatic heterocycles. The fourth-order valence-corrected chi connectivity index (χ4v) is 10.4. The van der Waals surface area contributed by atoms with Crippen molar-refractivity contribution in [2.24, 2.45) is 23.2 Å². The molecule has 0 spiro atoms. The van der Waals surface area contributed by atoms with Crippen molar-refractivity contribution in [1.82, 2.24) is 0 Å². The molecule has 0 N–H and O–H groups in total. The van der Waals surface area contributed by atoms with Crippen molar-refractivity contribution in [3.8, 4) is 0 Å². The molecule has 0 radical (unpaired) electrons. The maximum absolute atomic E-state index is 3.69. The van der Waals surface area contributed by atoms with Gasteiger partial charge in [-0.3, -0.25) is 6.08 Å². The third-order valence-corrected chi connectivity index (χ3v) is 12.8. The van der Waals surface area contributed by atoms with E-state index in [1.54, 1.807) is 57.8 Å². The number of rotatable bonds is 1. The molecule has 46 heavy (non-hydrogen) atoms. The van der Waals surface area contributed by atoms with Gasteiger partial charge in [0.2, 0.25) is 0 Å². The SMILES string of the molecule is CC(C)(C)c1ccc2c(c1)[cH-]c1cc(C(C)(C)C)ccc12.CC1=CC[C-]=C1C12CC3CC(CC(C3)C1)C2.[Cl-].[Cl-].[Zr+2]=[C]1CCCCC1. The van der Waals surface area contributed by atoms with Crippen molar-refractivity contribution in [3.63, 3.8) is 0 Å². The third-order valence-electron chi connectivity index (χ3n) is 11.5. The van der Waals surface area contributed by atoms with Crippen molar-refractivity contribution >= 4 is 24.8 Å². The quantitative estimate of drug-likeness (QED) is 0.259. The van der Waals surface area contributed by atoms with Gasteiger partial charge in [-0.25, -0.2) is 11.1 Å². The molecule has 5 fully saturated rings. The Bertz CT molecular complexity index is 1470. The van der Waals surface area contributed by atoms with Crippen molar-refractivity contribution in [3.05, 3.63) is 76.9 Å². The summed E-state index contributed by atoms with van der Waals surface area (Å²) in [6.07, 6.45) is 23.6. The molecule has 0 heterocycles. The molecule has 5 saturated carbocycles. The minimum atomic E-state index is 0. The van der Waals surface area contributed by atoms with Crippen LogP contribution in [-0.4, -0.2) is 3.21 Å². The first kappa shape index (κ1) is 37.9. The van der Waals surface area contributed by atoms with Gasteiger partial charge in [-0.05, 0) is 72.5 Å². The van der Waals surface area contributed by atoms with Crippen molar-refractivity contribution in [2.45, 2.75) is 136 Å². The van der Waals surface area contributed by atoms with E-state index in [2.05, 4.69) is 103 Å². The number of hydrogen-bond donors (Lipinski definition) is 0. The van der Waals surface area contributed by atoms with Crippen LogP contribution in [0.15, 0.2) is 59.7 Å². The Morgan fingerprint density at radius 3 is 1.52 bits per heavy atom. The van der Waals surface area contributed by atoms with E-state index in [4.69, 9.17) is 0 Å². The van der Waals surface area contributed by atoms with Crippen LogP contribution in [0.3, 0.4) is 0 Å². The summed E-state index contributed by atoms with van der Waals surface area (Å²) in [6, 6.07) is 16.2. The number of benzene rings is 2. The van der Waals surface area contributed by atoms with Crippen molar-refractivity contribution < 1.29 is 49.0 Å². The third kappa shape index (κ3) is 8.28. The predicted octanol–water partition coefficient (Wildman–Crippen LogP) is 6.27. The Labute approximate surface area is 308 Å². The van der Waals surface area contributed by atoms with Gasteiger partial charge in [0.1, 0.15) is 0 Å². The normalized spacial score (nSPS) is 26.7. The Kier molecular flexibility index (Phi) is 12.3. The van der Waals surface area contributed by atoms with Gasteiger partial charge in [-0.1, -0.05) is 76.9 Å². The molecule has 0 nitrogen and oxygen atoms in total. The second kappa shape index (κ2) is 14.9. The van der Waals surface area contributed by atoms with Crippen LogP contribution in [0.5, 0.6) is 0 Å². The first-order valence-electron chi connectivity index (χ1n) is 17.8. The summed E-state index contributed by atoms with van der Waals surface area (Å²) < 4.78 is 1.80. The van der Waals surface area contributed by atoms with E-state index >= 15 is 0 Å². The molecule has 6 aliphatic rings. The van der Waals surface area contributed by atoms with E-state index in [1.165, 1.54) is 84.0 Å². The Balaban J connectivity index is 0.000000170. The molecule has 4 bridgehead atoms. The molecule has 248 valence electrons. The molecule has 3 aromatic rings. The molecule has 0 saturated heterocycles. The van der Waals surface area contributed by atoms with Gasteiger partial charge in [-0.2, -0.15) is 6.08 Å². The molecular weight excluding hydrogens is 679 g/mol. The van der Waals surface area contributed by atoms with Gasteiger partial charge in [0, 0.05) is 0 Å². The average Bonchev–Trinajstić information content (AvgIpc) is 3.55. The van der Waals surface area contributed by atoms with Crippen LogP contribution in [0, 0.1) is 29.2 Å². The second-order valence-corrected chi connectivity index (χ2v) is 19.0. The second-order valence-electron chi connectivity index (χ2n) is 17.3. The monoisotopic (exact) mass is 732 g/mol.